The van der Waals surface area contributed by atoms with Crippen LogP contribution in [0.2, 0.25) is 4.34 Å². The van der Waals surface area contributed by atoms with Gasteiger partial charge in [-0.05, 0) is 37.9 Å². The van der Waals surface area contributed by atoms with Crippen molar-refractivity contribution in [1.82, 2.24) is 10.6 Å². The normalized spacial score (nSPS) is 19.9. The van der Waals surface area contributed by atoms with Gasteiger partial charge < -0.3 is 10.6 Å². The molecule has 3 nitrogen and oxygen atoms in total. The van der Waals surface area contributed by atoms with E-state index in [1.54, 1.807) is 11.3 Å². The summed E-state index contributed by atoms with van der Waals surface area (Å²) in [5.74, 6) is 0.125. The minimum Gasteiger partial charge on any atom is -0.354 e. The number of halogens is 1. The lowest BCUT2D eigenvalue weighted by molar-refractivity contribution is -0.122. The topological polar surface area (TPSA) is 41.1 Å². The quantitative estimate of drug-likeness (QED) is 0.865. The van der Waals surface area contributed by atoms with Gasteiger partial charge >= 0.3 is 0 Å². The number of thiophene rings is 1. The summed E-state index contributed by atoms with van der Waals surface area (Å²) in [6.07, 6.45) is 2.91. The van der Waals surface area contributed by atoms with Gasteiger partial charge in [-0.15, -0.1) is 11.3 Å². The highest BCUT2D eigenvalue weighted by molar-refractivity contribution is 7.16. The minimum absolute atomic E-state index is 0.0203. The maximum atomic E-state index is 11.6. The molecule has 0 radical (unpaired) electrons. The zero-order chi connectivity index (χ0) is 11.4. The van der Waals surface area contributed by atoms with Crippen LogP contribution in [0.15, 0.2) is 12.1 Å². The summed E-state index contributed by atoms with van der Waals surface area (Å²) in [4.78, 5) is 12.9. The first-order valence-corrected chi connectivity index (χ1v) is 6.70. The molecule has 0 bridgehead atoms. The Labute approximate surface area is 104 Å². The highest BCUT2D eigenvalue weighted by Crippen LogP contribution is 2.21. The summed E-state index contributed by atoms with van der Waals surface area (Å²) >= 11 is 7.40. The van der Waals surface area contributed by atoms with E-state index in [0.29, 0.717) is 6.54 Å². The van der Waals surface area contributed by atoms with Crippen LogP contribution in [0.4, 0.5) is 0 Å². The van der Waals surface area contributed by atoms with Crippen LogP contribution in [0.25, 0.3) is 0 Å². The number of hydrogen-bond acceptors (Lipinski definition) is 3. The lowest BCUT2D eigenvalue weighted by Crippen LogP contribution is -2.41. The highest BCUT2D eigenvalue weighted by Gasteiger charge is 2.21. The van der Waals surface area contributed by atoms with Crippen molar-refractivity contribution in [1.29, 1.82) is 0 Å². The largest absolute Gasteiger partial charge is 0.354 e. The first-order valence-electron chi connectivity index (χ1n) is 5.51. The standard InChI is InChI=1S/C11H15ClN2OS/c12-10-4-3-8(16-10)5-7-14-11(15)9-2-1-6-13-9/h3-4,9,13H,1-2,5-7H2,(H,14,15)/t9-/m1/s1. The van der Waals surface area contributed by atoms with Crippen molar-refractivity contribution in [2.45, 2.75) is 25.3 Å². The van der Waals surface area contributed by atoms with Crippen molar-refractivity contribution in [3.8, 4) is 0 Å². The lowest BCUT2D eigenvalue weighted by Gasteiger charge is -2.10. The molecule has 1 amide bonds. The van der Waals surface area contributed by atoms with Crippen LogP contribution in [0.3, 0.4) is 0 Å². The Hall–Kier alpha value is -0.580. The van der Waals surface area contributed by atoms with Gasteiger partial charge in [0.05, 0.1) is 10.4 Å². The number of nitrogens with one attached hydrogen (secondary N) is 2. The third-order valence-electron chi connectivity index (χ3n) is 2.68. The van der Waals surface area contributed by atoms with Gasteiger partial charge in [0, 0.05) is 11.4 Å². The average Bonchev–Trinajstić information content (AvgIpc) is 2.89. The third kappa shape index (κ3) is 3.20. The summed E-state index contributed by atoms with van der Waals surface area (Å²) in [5.41, 5.74) is 0. The van der Waals surface area contributed by atoms with Crippen molar-refractivity contribution in [3.05, 3.63) is 21.3 Å². The molecular formula is C11H15ClN2OS. The molecule has 0 unspecified atom stereocenters. The molecule has 2 N–H and O–H groups in total. The molecular weight excluding hydrogens is 244 g/mol. The maximum Gasteiger partial charge on any atom is 0.237 e. The molecule has 0 aromatic carbocycles. The average molecular weight is 259 g/mol. The maximum absolute atomic E-state index is 11.6. The van der Waals surface area contributed by atoms with Crippen LogP contribution in [-0.2, 0) is 11.2 Å². The van der Waals surface area contributed by atoms with Crippen molar-refractivity contribution >= 4 is 28.8 Å². The van der Waals surface area contributed by atoms with Crippen LogP contribution in [-0.4, -0.2) is 25.0 Å². The fourth-order valence-electron chi connectivity index (χ4n) is 1.83. The van der Waals surface area contributed by atoms with E-state index in [1.807, 2.05) is 12.1 Å². The van der Waals surface area contributed by atoms with Crippen molar-refractivity contribution in [2.24, 2.45) is 0 Å². The van der Waals surface area contributed by atoms with E-state index in [4.69, 9.17) is 11.6 Å². The van der Waals surface area contributed by atoms with Crippen molar-refractivity contribution < 1.29 is 4.79 Å². The summed E-state index contributed by atoms with van der Waals surface area (Å²) < 4.78 is 0.804. The Morgan fingerprint density at radius 2 is 2.50 bits per heavy atom. The molecule has 1 fully saturated rings. The smallest absolute Gasteiger partial charge is 0.237 e. The van der Waals surface area contributed by atoms with Gasteiger partial charge in [0.1, 0.15) is 0 Å². The van der Waals surface area contributed by atoms with Gasteiger partial charge in [-0.3, -0.25) is 4.79 Å². The van der Waals surface area contributed by atoms with Gasteiger partial charge in [0.2, 0.25) is 5.91 Å². The van der Waals surface area contributed by atoms with Gasteiger partial charge in [-0.1, -0.05) is 11.6 Å². The van der Waals surface area contributed by atoms with Crippen LogP contribution >= 0.6 is 22.9 Å². The number of hydrogen-bond donors (Lipinski definition) is 2. The van der Waals surface area contributed by atoms with E-state index in [2.05, 4.69) is 10.6 Å². The lowest BCUT2D eigenvalue weighted by atomic mass is 10.2. The van der Waals surface area contributed by atoms with Gasteiger partial charge in [-0.25, -0.2) is 0 Å². The van der Waals surface area contributed by atoms with Gasteiger partial charge in [0.15, 0.2) is 0 Å². The second kappa shape index (κ2) is 5.66. The molecule has 1 aromatic rings. The van der Waals surface area contributed by atoms with Crippen LogP contribution in [0.1, 0.15) is 17.7 Å². The number of carbonyl (C=O) groups excluding carboxylic acids is 1. The zero-order valence-corrected chi connectivity index (χ0v) is 10.5. The number of rotatable bonds is 4. The summed E-state index contributed by atoms with van der Waals surface area (Å²) in [6.45, 7) is 1.65. The molecule has 1 aliphatic rings. The van der Waals surface area contributed by atoms with E-state index in [0.717, 1.165) is 30.1 Å². The fourth-order valence-corrected chi connectivity index (χ4v) is 2.91. The molecule has 2 heterocycles. The SMILES string of the molecule is O=C(NCCc1ccc(Cl)s1)[C@H]1CCCN1. The van der Waals surface area contributed by atoms with E-state index >= 15 is 0 Å². The second-order valence-electron chi connectivity index (χ2n) is 3.90. The number of amides is 1. The predicted octanol–water partition coefficient (Wildman–Crippen LogP) is 1.81. The molecule has 16 heavy (non-hydrogen) atoms. The molecule has 1 aliphatic heterocycles. The predicted molar refractivity (Wildman–Crippen MR) is 67.1 cm³/mol. The summed E-state index contributed by atoms with van der Waals surface area (Å²) in [7, 11) is 0. The Kier molecular flexibility index (Phi) is 4.21. The first-order chi connectivity index (χ1) is 7.75. The second-order valence-corrected chi connectivity index (χ2v) is 5.70. The zero-order valence-electron chi connectivity index (χ0n) is 8.96. The van der Waals surface area contributed by atoms with Crippen molar-refractivity contribution in [2.75, 3.05) is 13.1 Å². The van der Waals surface area contributed by atoms with E-state index < -0.39 is 0 Å². The Balaban J connectivity index is 1.69. The van der Waals surface area contributed by atoms with Crippen LogP contribution in [0, 0.1) is 0 Å². The summed E-state index contributed by atoms with van der Waals surface area (Å²) in [6, 6.07) is 3.92. The molecule has 2 rings (SSSR count). The van der Waals surface area contributed by atoms with Crippen LogP contribution < -0.4 is 10.6 Å². The molecule has 1 atom stereocenters. The first kappa shape index (κ1) is 11.9. The minimum atomic E-state index is 0.0203. The molecule has 0 saturated carbocycles. The molecule has 0 spiro atoms. The van der Waals surface area contributed by atoms with Crippen molar-refractivity contribution in [3.63, 3.8) is 0 Å². The Bertz CT molecular complexity index is 361. The third-order valence-corrected chi connectivity index (χ3v) is 3.97. The Morgan fingerprint density at radius 3 is 3.12 bits per heavy atom. The molecule has 1 aromatic heterocycles. The van der Waals surface area contributed by atoms with Gasteiger partial charge in [-0.2, -0.15) is 0 Å². The molecule has 88 valence electrons. The fraction of sp³-hybridized carbons (Fsp3) is 0.545. The van der Waals surface area contributed by atoms with E-state index in [-0.39, 0.29) is 11.9 Å². The van der Waals surface area contributed by atoms with E-state index in [9.17, 15) is 4.79 Å². The number of carbonyl (C=O) groups is 1. The summed E-state index contributed by atoms with van der Waals surface area (Å²) in [5, 5.41) is 6.12. The Morgan fingerprint density at radius 1 is 1.62 bits per heavy atom. The van der Waals surface area contributed by atoms with E-state index in [1.165, 1.54) is 4.88 Å². The van der Waals surface area contributed by atoms with Gasteiger partial charge in [0.25, 0.3) is 0 Å². The molecule has 1 saturated heterocycles. The molecule has 5 heteroatoms. The highest BCUT2D eigenvalue weighted by atomic mass is 35.5. The monoisotopic (exact) mass is 258 g/mol. The molecule has 0 aliphatic carbocycles. The van der Waals surface area contributed by atoms with Crippen LogP contribution in [0.5, 0.6) is 0 Å².